The molecule has 31 heavy (non-hydrogen) atoms. The predicted octanol–water partition coefficient (Wildman–Crippen LogP) is 6.70. The summed E-state index contributed by atoms with van der Waals surface area (Å²) >= 11 is 0. The zero-order chi connectivity index (χ0) is 21.3. The van der Waals surface area contributed by atoms with Gasteiger partial charge >= 0.3 is 5.97 Å². The Balaban J connectivity index is 1.63. The van der Waals surface area contributed by atoms with Crippen molar-refractivity contribution < 1.29 is 9.90 Å². The van der Waals surface area contributed by atoms with Crippen molar-refractivity contribution in [1.82, 2.24) is 0 Å². The molecule has 3 aromatic carbocycles. The molecule has 0 radical (unpaired) electrons. The van der Waals surface area contributed by atoms with E-state index in [9.17, 15) is 9.90 Å². The summed E-state index contributed by atoms with van der Waals surface area (Å²) in [4.78, 5) is 11.6. The Hall–Kier alpha value is -3.13. The lowest BCUT2D eigenvalue weighted by Gasteiger charge is -2.44. The van der Waals surface area contributed by atoms with Crippen LogP contribution in [0.2, 0.25) is 0 Å². The number of aryl methyl sites for hydroxylation is 1. The Morgan fingerprint density at radius 1 is 0.968 bits per heavy atom. The molecular formula is C29H28O2. The summed E-state index contributed by atoms with van der Waals surface area (Å²) in [6.07, 6.45) is 8.77. The number of fused-ring (bicyclic) bond motifs is 3. The molecule has 0 heterocycles. The number of carboxylic acids is 1. The number of hydrogen-bond donors (Lipinski definition) is 1. The highest BCUT2D eigenvalue weighted by molar-refractivity contribution is 5.88. The largest absolute Gasteiger partial charge is 0.478 e. The van der Waals surface area contributed by atoms with E-state index in [-0.39, 0.29) is 5.41 Å². The van der Waals surface area contributed by atoms with E-state index in [1.165, 1.54) is 34.2 Å². The third-order valence-electron chi connectivity index (χ3n) is 7.35. The van der Waals surface area contributed by atoms with E-state index in [2.05, 4.69) is 72.8 Å². The van der Waals surface area contributed by atoms with Gasteiger partial charge in [0.2, 0.25) is 0 Å². The van der Waals surface area contributed by atoms with Crippen LogP contribution < -0.4 is 0 Å². The first-order valence-corrected chi connectivity index (χ1v) is 11.3. The molecule has 2 nitrogen and oxygen atoms in total. The summed E-state index contributed by atoms with van der Waals surface area (Å²) in [5.74, 6) is -0.291. The van der Waals surface area contributed by atoms with E-state index < -0.39 is 5.97 Å². The third kappa shape index (κ3) is 3.72. The van der Waals surface area contributed by atoms with Gasteiger partial charge in [0.25, 0.3) is 0 Å². The van der Waals surface area contributed by atoms with Gasteiger partial charge in [-0.2, -0.15) is 0 Å². The minimum Gasteiger partial charge on any atom is -0.478 e. The zero-order valence-corrected chi connectivity index (χ0v) is 17.8. The maximum absolute atomic E-state index is 11.6. The molecule has 0 bridgehead atoms. The fourth-order valence-electron chi connectivity index (χ4n) is 5.84. The van der Waals surface area contributed by atoms with Crippen LogP contribution in [0.15, 0.2) is 84.9 Å². The molecular weight excluding hydrogens is 380 g/mol. The van der Waals surface area contributed by atoms with E-state index in [0.29, 0.717) is 11.5 Å². The van der Waals surface area contributed by atoms with Crippen molar-refractivity contribution >= 4 is 11.5 Å². The molecule has 2 aliphatic rings. The summed E-state index contributed by atoms with van der Waals surface area (Å²) in [6.45, 7) is 0. The van der Waals surface area contributed by atoms with Crippen molar-refractivity contribution in [1.29, 1.82) is 0 Å². The van der Waals surface area contributed by atoms with Crippen LogP contribution >= 0.6 is 0 Å². The van der Waals surface area contributed by atoms with Gasteiger partial charge in [0.1, 0.15) is 0 Å². The van der Waals surface area contributed by atoms with Crippen molar-refractivity contribution in [2.75, 3.05) is 0 Å². The zero-order valence-electron chi connectivity index (χ0n) is 17.8. The number of carbonyl (C=O) groups is 1. The number of carboxylic acid groups (broad SMARTS) is 1. The fraction of sp³-hybridized carbons (Fsp3) is 0.276. The van der Waals surface area contributed by atoms with E-state index >= 15 is 0 Å². The second-order valence-corrected chi connectivity index (χ2v) is 9.09. The molecule has 2 heteroatoms. The fourth-order valence-corrected chi connectivity index (χ4v) is 5.84. The van der Waals surface area contributed by atoms with Crippen LogP contribution in [0.25, 0.3) is 5.57 Å². The molecule has 0 unspecified atom stereocenters. The minimum absolute atomic E-state index is 0.0164. The van der Waals surface area contributed by atoms with Gasteiger partial charge in [-0.25, -0.2) is 4.79 Å². The van der Waals surface area contributed by atoms with Crippen molar-refractivity contribution in [3.63, 3.8) is 0 Å². The molecule has 0 aromatic heterocycles. The van der Waals surface area contributed by atoms with Crippen LogP contribution in [0.1, 0.15) is 58.3 Å². The lowest BCUT2D eigenvalue weighted by atomic mass is 9.59. The first kappa shape index (κ1) is 19.8. The SMILES string of the molecule is O=C(O)c1ccc2c(c1)CCC[C@H]1CC(c3ccccc3)=CC[C@@]21Cc1ccccc1. The van der Waals surface area contributed by atoms with E-state index in [4.69, 9.17) is 0 Å². The Kier molecular flexibility index (Phi) is 5.23. The molecule has 2 atom stereocenters. The van der Waals surface area contributed by atoms with Crippen LogP contribution in [-0.4, -0.2) is 11.1 Å². The van der Waals surface area contributed by atoms with Gasteiger partial charge in [0, 0.05) is 5.41 Å². The molecule has 1 N–H and O–H groups in total. The topological polar surface area (TPSA) is 37.3 Å². The van der Waals surface area contributed by atoms with Crippen molar-refractivity contribution in [2.24, 2.45) is 5.92 Å². The van der Waals surface area contributed by atoms with E-state index in [0.717, 1.165) is 32.1 Å². The van der Waals surface area contributed by atoms with E-state index in [1.807, 2.05) is 12.1 Å². The Morgan fingerprint density at radius 3 is 2.45 bits per heavy atom. The highest BCUT2D eigenvalue weighted by Crippen LogP contribution is 2.52. The molecule has 156 valence electrons. The minimum atomic E-state index is -0.837. The molecule has 3 aromatic rings. The summed E-state index contributed by atoms with van der Waals surface area (Å²) < 4.78 is 0. The average Bonchev–Trinajstić information content (AvgIpc) is 2.96. The van der Waals surface area contributed by atoms with Gasteiger partial charge in [-0.15, -0.1) is 0 Å². The molecule has 0 spiro atoms. The first-order valence-electron chi connectivity index (χ1n) is 11.3. The summed E-state index contributed by atoms with van der Waals surface area (Å²) in [7, 11) is 0. The Labute approximate surface area is 184 Å². The number of hydrogen-bond acceptors (Lipinski definition) is 1. The predicted molar refractivity (Wildman–Crippen MR) is 125 cm³/mol. The maximum Gasteiger partial charge on any atom is 0.335 e. The first-order chi connectivity index (χ1) is 15.2. The van der Waals surface area contributed by atoms with Crippen LogP contribution in [0.3, 0.4) is 0 Å². The third-order valence-corrected chi connectivity index (χ3v) is 7.35. The monoisotopic (exact) mass is 408 g/mol. The molecule has 2 aliphatic carbocycles. The van der Waals surface area contributed by atoms with Crippen molar-refractivity contribution in [3.8, 4) is 0 Å². The molecule has 5 rings (SSSR count). The van der Waals surface area contributed by atoms with Crippen LogP contribution in [0.4, 0.5) is 0 Å². The van der Waals surface area contributed by atoms with Gasteiger partial charge in [-0.1, -0.05) is 72.8 Å². The van der Waals surface area contributed by atoms with Gasteiger partial charge in [-0.05, 0) is 84.4 Å². The van der Waals surface area contributed by atoms with Crippen molar-refractivity contribution in [3.05, 3.63) is 113 Å². The van der Waals surface area contributed by atoms with Crippen LogP contribution in [0.5, 0.6) is 0 Å². The van der Waals surface area contributed by atoms with Gasteiger partial charge < -0.3 is 5.11 Å². The van der Waals surface area contributed by atoms with Crippen LogP contribution in [0, 0.1) is 5.92 Å². The maximum atomic E-state index is 11.6. The second kappa shape index (κ2) is 8.19. The number of allylic oxidation sites excluding steroid dienone is 2. The number of aromatic carboxylic acids is 1. The van der Waals surface area contributed by atoms with E-state index in [1.54, 1.807) is 0 Å². The molecule has 0 aliphatic heterocycles. The lowest BCUT2D eigenvalue weighted by Crippen LogP contribution is -2.39. The van der Waals surface area contributed by atoms with Gasteiger partial charge in [-0.3, -0.25) is 0 Å². The average molecular weight is 409 g/mol. The molecule has 0 saturated heterocycles. The molecule has 0 fully saturated rings. The van der Waals surface area contributed by atoms with Gasteiger partial charge in [0.15, 0.2) is 0 Å². The standard InChI is InChI=1S/C29H28O2/c30-28(31)25-14-15-27-24(18-25)12-7-13-26-19-23(22-10-5-2-6-11-22)16-17-29(26,27)20-21-8-3-1-4-9-21/h1-6,8-11,14-16,18,26H,7,12-13,17,19-20H2,(H,30,31)/t26-,29-/m0/s1. The lowest BCUT2D eigenvalue weighted by molar-refractivity contribution is 0.0696. The van der Waals surface area contributed by atoms with Crippen molar-refractivity contribution in [2.45, 2.75) is 43.9 Å². The molecule has 0 saturated carbocycles. The second-order valence-electron chi connectivity index (χ2n) is 9.09. The highest BCUT2D eigenvalue weighted by atomic mass is 16.4. The highest BCUT2D eigenvalue weighted by Gasteiger charge is 2.44. The quantitative estimate of drug-likeness (QED) is 0.522. The summed E-state index contributed by atoms with van der Waals surface area (Å²) in [5, 5.41) is 9.54. The molecule has 0 amide bonds. The van der Waals surface area contributed by atoms with Gasteiger partial charge in [0.05, 0.1) is 5.56 Å². The summed E-state index contributed by atoms with van der Waals surface area (Å²) in [5.41, 5.74) is 7.17. The summed E-state index contributed by atoms with van der Waals surface area (Å²) in [6, 6.07) is 27.4. The number of benzene rings is 3. The Bertz CT molecular complexity index is 1110. The normalized spacial score (nSPS) is 22.6. The number of rotatable bonds is 4. The van der Waals surface area contributed by atoms with Crippen LogP contribution in [-0.2, 0) is 18.3 Å². The smallest absolute Gasteiger partial charge is 0.335 e. The Morgan fingerprint density at radius 2 is 1.71 bits per heavy atom.